The molecule has 1 aliphatic heterocycles. The van der Waals surface area contributed by atoms with Crippen LogP contribution < -0.4 is 4.74 Å². The largest absolute Gasteiger partial charge is 0.492 e. The van der Waals surface area contributed by atoms with E-state index in [1.54, 1.807) is 12.3 Å². The number of rotatable bonds is 2. The number of aryl methyl sites for hydroxylation is 1. The summed E-state index contributed by atoms with van der Waals surface area (Å²) >= 11 is 0. The van der Waals surface area contributed by atoms with Crippen LogP contribution in [0.25, 0.3) is 0 Å². The van der Waals surface area contributed by atoms with Crippen LogP contribution in [0.2, 0.25) is 0 Å². The van der Waals surface area contributed by atoms with Gasteiger partial charge in [0.1, 0.15) is 5.75 Å². The van der Waals surface area contributed by atoms with Gasteiger partial charge >= 0.3 is 0 Å². The van der Waals surface area contributed by atoms with Gasteiger partial charge in [-0.05, 0) is 30.7 Å². The lowest BCUT2D eigenvalue weighted by molar-refractivity contribution is 0.103. The molecule has 0 aliphatic carbocycles. The summed E-state index contributed by atoms with van der Waals surface area (Å²) in [6.07, 6.45) is 2.49. The summed E-state index contributed by atoms with van der Waals surface area (Å²) in [7, 11) is 0. The molecule has 0 saturated heterocycles. The minimum atomic E-state index is -0.0266. The predicted molar refractivity (Wildman–Crippen MR) is 68.0 cm³/mol. The number of ether oxygens (including phenoxy) is 1. The zero-order chi connectivity index (χ0) is 12.5. The van der Waals surface area contributed by atoms with Gasteiger partial charge in [-0.25, -0.2) is 0 Å². The van der Waals surface area contributed by atoms with Crippen LogP contribution in [-0.4, -0.2) is 17.4 Å². The molecular formula is C15H13NO2. The zero-order valence-corrected chi connectivity index (χ0v) is 10.1. The van der Waals surface area contributed by atoms with E-state index in [9.17, 15) is 4.79 Å². The van der Waals surface area contributed by atoms with Crippen molar-refractivity contribution in [2.24, 2.45) is 0 Å². The molecule has 2 aromatic rings. The molecule has 1 aromatic heterocycles. The Morgan fingerprint density at radius 3 is 2.94 bits per heavy atom. The fraction of sp³-hybridized carbons (Fsp3) is 0.200. The number of benzene rings is 1. The van der Waals surface area contributed by atoms with Gasteiger partial charge < -0.3 is 4.74 Å². The van der Waals surface area contributed by atoms with Gasteiger partial charge in [-0.3, -0.25) is 9.78 Å². The van der Waals surface area contributed by atoms with Crippen LogP contribution in [0, 0.1) is 6.92 Å². The predicted octanol–water partition coefficient (Wildman–Crippen LogP) is 2.56. The average Bonchev–Trinajstić information content (AvgIpc) is 2.87. The Hall–Kier alpha value is -2.16. The van der Waals surface area contributed by atoms with Gasteiger partial charge in [-0.2, -0.15) is 0 Å². The number of fused-ring (bicyclic) bond motifs is 1. The molecule has 0 unspecified atom stereocenters. The molecule has 0 radical (unpaired) electrons. The van der Waals surface area contributed by atoms with Crippen LogP contribution in [0.3, 0.4) is 0 Å². The van der Waals surface area contributed by atoms with Gasteiger partial charge in [0, 0.05) is 23.9 Å². The Bertz CT molecular complexity index is 602. The molecule has 0 fully saturated rings. The normalized spacial score (nSPS) is 12.9. The number of hydrogen-bond acceptors (Lipinski definition) is 3. The molecular weight excluding hydrogens is 226 g/mol. The van der Waals surface area contributed by atoms with Crippen molar-refractivity contribution >= 4 is 5.78 Å². The molecule has 0 atom stereocenters. The fourth-order valence-electron chi connectivity index (χ4n) is 2.15. The van der Waals surface area contributed by atoms with E-state index in [0.717, 1.165) is 23.4 Å². The van der Waals surface area contributed by atoms with Crippen LogP contribution in [0.5, 0.6) is 5.75 Å². The average molecular weight is 239 g/mol. The standard InChI is InChI=1S/C15H13NO2/c1-10-5-6-12(9-16-10)14(17)13-4-2-3-11-7-8-18-15(11)13/h2-6,9H,7-8H2,1H3. The Morgan fingerprint density at radius 1 is 1.28 bits per heavy atom. The molecule has 1 aromatic carbocycles. The number of carbonyl (C=O) groups excluding carboxylic acids is 1. The second kappa shape index (κ2) is 4.26. The first-order chi connectivity index (χ1) is 8.75. The monoisotopic (exact) mass is 239 g/mol. The molecule has 0 amide bonds. The van der Waals surface area contributed by atoms with Crippen LogP contribution >= 0.6 is 0 Å². The minimum Gasteiger partial charge on any atom is -0.492 e. The third-order valence-corrected chi connectivity index (χ3v) is 3.13. The molecule has 3 rings (SSSR count). The van der Waals surface area contributed by atoms with Gasteiger partial charge in [-0.15, -0.1) is 0 Å². The fourth-order valence-corrected chi connectivity index (χ4v) is 2.15. The molecule has 3 nitrogen and oxygen atoms in total. The number of para-hydroxylation sites is 1. The molecule has 0 bridgehead atoms. The van der Waals surface area contributed by atoms with Crippen LogP contribution in [0.4, 0.5) is 0 Å². The van der Waals surface area contributed by atoms with Crippen molar-refractivity contribution in [3.8, 4) is 5.75 Å². The van der Waals surface area contributed by atoms with Crippen molar-refractivity contribution in [3.05, 3.63) is 58.9 Å². The van der Waals surface area contributed by atoms with Crippen molar-refractivity contribution in [1.29, 1.82) is 0 Å². The Morgan fingerprint density at radius 2 is 2.17 bits per heavy atom. The first kappa shape index (κ1) is 11.0. The van der Waals surface area contributed by atoms with Crippen molar-refractivity contribution in [2.45, 2.75) is 13.3 Å². The smallest absolute Gasteiger partial charge is 0.198 e. The van der Waals surface area contributed by atoms with E-state index in [-0.39, 0.29) is 5.78 Å². The van der Waals surface area contributed by atoms with Gasteiger partial charge in [0.25, 0.3) is 0 Å². The lowest BCUT2D eigenvalue weighted by Crippen LogP contribution is -2.04. The summed E-state index contributed by atoms with van der Waals surface area (Å²) in [5, 5.41) is 0. The SMILES string of the molecule is Cc1ccc(C(=O)c2cccc3c2OCC3)cn1. The topological polar surface area (TPSA) is 39.2 Å². The number of hydrogen-bond donors (Lipinski definition) is 0. The highest BCUT2D eigenvalue weighted by Crippen LogP contribution is 2.30. The summed E-state index contributed by atoms with van der Waals surface area (Å²) in [4.78, 5) is 16.6. The van der Waals surface area contributed by atoms with Crippen LogP contribution in [0.15, 0.2) is 36.5 Å². The molecule has 0 N–H and O–H groups in total. The molecule has 1 aliphatic rings. The minimum absolute atomic E-state index is 0.0266. The van der Waals surface area contributed by atoms with E-state index in [1.165, 1.54) is 0 Å². The second-order valence-electron chi connectivity index (χ2n) is 4.41. The summed E-state index contributed by atoms with van der Waals surface area (Å²) < 4.78 is 5.55. The first-order valence-electron chi connectivity index (χ1n) is 5.98. The molecule has 2 heterocycles. The van der Waals surface area contributed by atoms with E-state index >= 15 is 0 Å². The van der Waals surface area contributed by atoms with Gasteiger partial charge in [0.2, 0.25) is 0 Å². The third kappa shape index (κ3) is 1.78. The Balaban J connectivity index is 2.03. The van der Waals surface area contributed by atoms with Crippen LogP contribution in [0.1, 0.15) is 27.2 Å². The van der Waals surface area contributed by atoms with Gasteiger partial charge in [0.05, 0.1) is 12.2 Å². The van der Waals surface area contributed by atoms with Crippen molar-refractivity contribution in [1.82, 2.24) is 4.98 Å². The number of ketones is 1. The number of aromatic nitrogens is 1. The molecule has 3 heteroatoms. The van der Waals surface area contributed by atoms with Gasteiger partial charge in [0.15, 0.2) is 5.78 Å². The quantitative estimate of drug-likeness (QED) is 0.756. The summed E-state index contributed by atoms with van der Waals surface area (Å²) in [6, 6.07) is 9.37. The second-order valence-corrected chi connectivity index (χ2v) is 4.41. The highest BCUT2D eigenvalue weighted by atomic mass is 16.5. The molecule has 0 saturated carbocycles. The lowest BCUT2D eigenvalue weighted by atomic mass is 10.0. The molecule has 90 valence electrons. The highest BCUT2D eigenvalue weighted by molar-refractivity contribution is 6.10. The van der Waals surface area contributed by atoms with Crippen molar-refractivity contribution in [3.63, 3.8) is 0 Å². The maximum Gasteiger partial charge on any atom is 0.198 e. The van der Waals surface area contributed by atoms with E-state index < -0.39 is 0 Å². The molecule has 18 heavy (non-hydrogen) atoms. The van der Waals surface area contributed by atoms with Gasteiger partial charge in [-0.1, -0.05) is 12.1 Å². The number of nitrogens with zero attached hydrogens (tertiary/aromatic N) is 1. The van der Waals surface area contributed by atoms with Crippen LogP contribution in [-0.2, 0) is 6.42 Å². The van der Waals surface area contributed by atoms with E-state index in [0.29, 0.717) is 17.7 Å². The number of carbonyl (C=O) groups is 1. The summed E-state index contributed by atoms with van der Waals surface area (Å²) in [5.74, 6) is 0.712. The third-order valence-electron chi connectivity index (χ3n) is 3.13. The highest BCUT2D eigenvalue weighted by Gasteiger charge is 2.21. The van der Waals surface area contributed by atoms with E-state index in [2.05, 4.69) is 4.98 Å². The lowest BCUT2D eigenvalue weighted by Gasteiger charge is -2.07. The van der Waals surface area contributed by atoms with Crippen molar-refractivity contribution < 1.29 is 9.53 Å². The maximum atomic E-state index is 12.4. The first-order valence-corrected chi connectivity index (χ1v) is 5.98. The summed E-state index contributed by atoms with van der Waals surface area (Å²) in [5.41, 5.74) is 3.25. The Kier molecular flexibility index (Phi) is 2.59. The van der Waals surface area contributed by atoms with E-state index in [4.69, 9.17) is 4.74 Å². The van der Waals surface area contributed by atoms with Crippen molar-refractivity contribution in [2.75, 3.05) is 6.61 Å². The zero-order valence-electron chi connectivity index (χ0n) is 10.1. The number of pyridine rings is 1. The molecule has 0 spiro atoms. The maximum absolute atomic E-state index is 12.4. The Labute approximate surface area is 105 Å². The van der Waals surface area contributed by atoms with E-state index in [1.807, 2.05) is 31.2 Å². The summed E-state index contributed by atoms with van der Waals surface area (Å²) in [6.45, 7) is 2.56.